The van der Waals surface area contributed by atoms with Crippen LogP contribution in [0.4, 0.5) is 0 Å². The number of rotatable bonds is 6. The Morgan fingerprint density at radius 1 is 1.40 bits per heavy atom. The summed E-state index contributed by atoms with van der Waals surface area (Å²) in [7, 11) is 0. The molecule has 0 radical (unpaired) electrons. The first kappa shape index (κ1) is 12.0. The van der Waals surface area contributed by atoms with Gasteiger partial charge in [-0.1, -0.05) is 26.2 Å². The number of hydrogen-bond donors (Lipinski definition) is 1. The minimum Gasteiger partial charge on any atom is -0.355 e. The Bertz CT molecular complexity index is 251. The van der Waals surface area contributed by atoms with Crippen LogP contribution in [-0.4, -0.2) is 12.5 Å². The van der Waals surface area contributed by atoms with E-state index in [2.05, 4.69) is 18.3 Å². The minimum atomic E-state index is -0.676. The molecule has 0 atom stereocenters. The second-order valence-corrected chi connectivity index (χ2v) is 4.36. The highest BCUT2D eigenvalue weighted by molar-refractivity contribution is 5.86. The van der Waals surface area contributed by atoms with Crippen molar-refractivity contribution in [2.24, 2.45) is 5.41 Å². The molecule has 1 rings (SSSR count). The number of nitriles is 1. The summed E-state index contributed by atoms with van der Waals surface area (Å²) in [5.41, 5.74) is -0.676. The van der Waals surface area contributed by atoms with Crippen LogP contribution in [0.1, 0.15) is 51.9 Å². The smallest absolute Gasteiger partial charge is 0.240 e. The molecule has 0 heterocycles. The number of unbranched alkanes of at least 4 members (excludes halogenated alkanes) is 3. The van der Waals surface area contributed by atoms with Gasteiger partial charge in [-0.15, -0.1) is 0 Å². The van der Waals surface area contributed by atoms with E-state index in [0.717, 1.165) is 38.6 Å². The zero-order chi connectivity index (χ0) is 11.1. The molecule has 1 saturated carbocycles. The number of nitrogens with one attached hydrogen (secondary N) is 1. The molecule has 0 aromatic carbocycles. The summed E-state index contributed by atoms with van der Waals surface area (Å²) in [6.45, 7) is 2.89. The molecule has 0 saturated heterocycles. The van der Waals surface area contributed by atoms with E-state index in [0.29, 0.717) is 0 Å². The average Bonchev–Trinajstić information content (AvgIpc) is 2.17. The lowest BCUT2D eigenvalue weighted by molar-refractivity contribution is -0.131. The van der Waals surface area contributed by atoms with Crippen LogP contribution < -0.4 is 5.32 Å². The van der Waals surface area contributed by atoms with E-state index in [1.807, 2.05) is 0 Å². The Morgan fingerprint density at radius 2 is 2.13 bits per heavy atom. The molecule has 0 aromatic heterocycles. The number of hydrogen-bond acceptors (Lipinski definition) is 2. The summed E-state index contributed by atoms with van der Waals surface area (Å²) < 4.78 is 0. The molecule has 1 fully saturated rings. The largest absolute Gasteiger partial charge is 0.355 e. The molecule has 1 amide bonds. The standard InChI is InChI=1S/C12H20N2O/c1-2-3-4-5-9-14-11(15)12(10-13)7-6-8-12/h2-9H2,1H3,(H,14,15). The van der Waals surface area contributed by atoms with Crippen LogP contribution in [0.2, 0.25) is 0 Å². The third kappa shape index (κ3) is 2.95. The minimum absolute atomic E-state index is 0.0484. The van der Waals surface area contributed by atoms with E-state index in [1.165, 1.54) is 12.8 Å². The molecule has 1 aliphatic rings. The van der Waals surface area contributed by atoms with Crippen molar-refractivity contribution in [1.29, 1.82) is 5.26 Å². The van der Waals surface area contributed by atoms with E-state index in [9.17, 15) is 4.79 Å². The van der Waals surface area contributed by atoms with Crippen molar-refractivity contribution in [2.45, 2.75) is 51.9 Å². The molecular weight excluding hydrogens is 188 g/mol. The second-order valence-electron chi connectivity index (χ2n) is 4.36. The number of amides is 1. The molecule has 0 unspecified atom stereocenters. The van der Waals surface area contributed by atoms with Crippen molar-refractivity contribution in [3.63, 3.8) is 0 Å². The summed E-state index contributed by atoms with van der Waals surface area (Å²) in [6.07, 6.45) is 7.11. The molecule has 3 nitrogen and oxygen atoms in total. The molecule has 1 N–H and O–H groups in total. The van der Waals surface area contributed by atoms with Crippen molar-refractivity contribution in [2.75, 3.05) is 6.54 Å². The predicted molar refractivity (Wildman–Crippen MR) is 59.0 cm³/mol. The van der Waals surface area contributed by atoms with Gasteiger partial charge < -0.3 is 5.32 Å². The van der Waals surface area contributed by atoms with E-state index < -0.39 is 5.41 Å². The third-order valence-corrected chi connectivity index (χ3v) is 3.17. The first-order valence-corrected chi connectivity index (χ1v) is 5.95. The fourth-order valence-corrected chi connectivity index (χ4v) is 1.84. The van der Waals surface area contributed by atoms with Gasteiger partial charge in [0.2, 0.25) is 5.91 Å². The fourth-order valence-electron chi connectivity index (χ4n) is 1.84. The molecule has 0 aromatic rings. The van der Waals surface area contributed by atoms with Crippen LogP contribution in [-0.2, 0) is 4.79 Å². The lowest BCUT2D eigenvalue weighted by Gasteiger charge is -2.33. The van der Waals surface area contributed by atoms with Crippen LogP contribution >= 0.6 is 0 Å². The Morgan fingerprint density at radius 3 is 2.60 bits per heavy atom. The van der Waals surface area contributed by atoms with Gasteiger partial charge in [-0.3, -0.25) is 4.79 Å². The van der Waals surface area contributed by atoms with Gasteiger partial charge in [0.1, 0.15) is 5.41 Å². The first-order valence-electron chi connectivity index (χ1n) is 5.95. The Kier molecular flexibility index (Phi) is 4.61. The maximum atomic E-state index is 11.7. The number of carbonyl (C=O) groups excluding carboxylic acids is 1. The Hall–Kier alpha value is -1.04. The molecule has 84 valence electrons. The summed E-state index contributed by atoms with van der Waals surface area (Å²) >= 11 is 0. The van der Waals surface area contributed by atoms with Gasteiger partial charge in [-0.05, 0) is 25.7 Å². The third-order valence-electron chi connectivity index (χ3n) is 3.17. The quantitative estimate of drug-likeness (QED) is 0.681. The molecule has 0 aliphatic heterocycles. The van der Waals surface area contributed by atoms with Gasteiger partial charge in [-0.25, -0.2) is 0 Å². The maximum Gasteiger partial charge on any atom is 0.240 e. The molecule has 3 heteroatoms. The molecule has 0 spiro atoms. The average molecular weight is 208 g/mol. The Labute approximate surface area is 91.9 Å². The van der Waals surface area contributed by atoms with Crippen molar-refractivity contribution in [3.05, 3.63) is 0 Å². The molecule has 15 heavy (non-hydrogen) atoms. The van der Waals surface area contributed by atoms with Gasteiger partial charge >= 0.3 is 0 Å². The number of nitrogens with zero attached hydrogens (tertiary/aromatic N) is 1. The SMILES string of the molecule is CCCCCCNC(=O)C1(C#N)CCC1. The topological polar surface area (TPSA) is 52.9 Å². The molecular formula is C12H20N2O. The van der Waals surface area contributed by atoms with Crippen LogP contribution in [0, 0.1) is 16.7 Å². The van der Waals surface area contributed by atoms with Gasteiger partial charge in [0.15, 0.2) is 0 Å². The Balaban J connectivity index is 2.16. The second kappa shape index (κ2) is 5.75. The van der Waals surface area contributed by atoms with Gasteiger partial charge in [0.05, 0.1) is 6.07 Å². The lowest BCUT2D eigenvalue weighted by Crippen LogP contribution is -2.44. The van der Waals surface area contributed by atoms with Crippen molar-refractivity contribution < 1.29 is 4.79 Å². The van der Waals surface area contributed by atoms with Gasteiger partial charge in [-0.2, -0.15) is 5.26 Å². The van der Waals surface area contributed by atoms with Crippen LogP contribution in [0.15, 0.2) is 0 Å². The van der Waals surface area contributed by atoms with Crippen LogP contribution in [0.5, 0.6) is 0 Å². The fraction of sp³-hybridized carbons (Fsp3) is 0.833. The molecule has 0 bridgehead atoms. The van der Waals surface area contributed by atoms with Crippen LogP contribution in [0.3, 0.4) is 0 Å². The highest BCUT2D eigenvalue weighted by Crippen LogP contribution is 2.40. The van der Waals surface area contributed by atoms with E-state index >= 15 is 0 Å². The summed E-state index contributed by atoms with van der Waals surface area (Å²) in [5, 5.41) is 11.8. The summed E-state index contributed by atoms with van der Waals surface area (Å²) in [6, 6.07) is 2.15. The summed E-state index contributed by atoms with van der Waals surface area (Å²) in [4.78, 5) is 11.7. The summed E-state index contributed by atoms with van der Waals surface area (Å²) in [5.74, 6) is -0.0484. The van der Waals surface area contributed by atoms with Crippen molar-refractivity contribution in [1.82, 2.24) is 5.32 Å². The van der Waals surface area contributed by atoms with Gasteiger partial charge in [0.25, 0.3) is 0 Å². The first-order chi connectivity index (χ1) is 7.25. The monoisotopic (exact) mass is 208 g/mol. The van der Waals surface area contributed by atoms with Crippen molar-refractivity contribution >= 4 is 5.91 Å². The molecule has 1 aliphatic carbocycles. The van der Waals surface area contributed by atoms with E-state index in [-0.39, 0.29) is 5.91 Å². The van der Waals surface area contributed by atoms with Crippen molar-refractivity contribution in [3.8, 4) is 6.07 Å². The normalized spacial score (nSPS) is 17.6. The highest BCUT2D eigenvalue weighted by Gasteiger charge is 2.44. The zero-order valence-corrected chi connectivity index (χ0v) is 9.51. The zero-order valence-electron chi connectivity index (χ0n) is 9.51. The highest BCUT2D eigenvalue weighted by atomic mass is 16.2. The number of carbonyl (C=O) groups is 1. The lowest BCUT2D eigenvalue weighted by atomic mass is 9.69. The van der Waals surface area contributed by atoms with Crippen LogP contribution in [0.25, 0.3) is 0 Å². The van der Waals surface area contributed by atoms with E-state index in [1.54, 1.807) is 0 Å². The van der Waals surface area contributed by atoms with Gasteiger partial charge in [0, 0.05) is 6.54 Å². The predicted octanol–water partition coefficient (Wildman–Crippen LogP) is 2.38. The maximum absolute atomic E-state index is 11.7. The van der Waals surface area contributed by atoms with E-state index in [4.69, 9.17) is 5.26 Å².